The van der Waals surface area contributed by atoms with E-state index >= 15 is 0 Å². The minimum absolute atomic E-state index is 0.0505. The molecule has 2 N–H and O–H groups in total. The minimum Gasteiger partial charge on any atom is -0.326 e. The Morgan fingerprint density at radius 1 is 1.00 bits per heavy atom. The summed E-state index contributed by atoms with van der Waals surface area (Å²) in [5.41, 5.74) is 1.69. The van der Waals surface area contributed by atoms with E-state index in [0.717, 1.165) is 11.3 Å². The predicted octanol–water partition coefficient (Wildman–Crippen LogP) is 2.30. The van der Waals surface area contributed by atoms with Crippen LogP contribution in [0.2, 0.25) is 0 Å². The molecule has 0 bridgehead atoms. The van der Waals surface area contributed by atoms with Crippen LogP contribution in [0.25, 0.3) is 0 Å². The van der Waals surface area contributed by atoms with Crippen LogP contribution in [-0.2, 0) is 14.8 Å². The fourth-order valence-corrected chi connectivity index (χ4v) is 2.96. The van der Waals surface area contributed by atoms with E-state index in [9.17, 15) is 13.2 Å². The van der Waals surface area contributed by atoms with Crippen molar-refractivity contribution in [3.63, 3.8) is 0 Å². The van der Waals surface area contributed by atoms with Gasteiger partial charge in [-0.2, -0.15) is 0 Å². The van der Waals surface area contributed by atoms with Crippen LogP contribution >= 0.6 is 0 Å². The summed E-state index contributed by atoms with van der Waals surface area (Å²) in [4.78, 5) is 12.0. The molecule has 6 heteroatoms. The van der Waals surface area contributed by atoms with Crippen molar-refractivity contribution in [3.8, 4) is 0 Å². The summed E-state index contributed by atoms with van der Waals surface area (Å²) in [6, 6.07) is 15.5. The molecular weight excluding hydrogens is 300 g/mol. The maximum absolute atomic E-state index is 12.0. The van der Waals surface area contributed by atoms with Crippen molar-refractivity contribution in [2.45, 2.75) is 18.2 Å². The summed E-state index contributed by atoms with van der Waals surface area (Å²) < 4.78 is 26.4. The topological polar surface area (TPSA) is 75.3 Å². The van der Waals surface area contributed by atoms with E-state index in [1.165, 1.54) is 12.1 Å². The second kappa shape index (κ2) is 7.20. The van der Waals surface area contributed by atoms with Crippen LogP contribution in [0.15, 0.2) is 59.5 Å². The van der Waals surface area contributed by atoms with Crippen molar-refractivity contribution in [2.75, 3.05) is 11.9 Å². The van der Waals surface area contributed by atoms with Crippen molar-refractivity contribution < 1.29 is 13.2 Å². The van der Waals surface area contributed by atoms with Gasteiger partial charge in [0.1, 0.15) is 0 Å². The van der Waals surface area contributed by atoms with Crippen molar-refractivity contribution in [3.05, 3.63) is 60.2 Å². The highest BCUT2D eigenvalue weighted by molar-refractivity contribution is 7.89. The van der Waals surface area contributed by atoms with Crippen LogP contribution in [0, 0.1) is 6.92 Å². The normalized spacial score (nSPS) is 11.1. The highest BCUT2D eigenvalue weighted by atomic mass is 32.2. The molecule has 2 aromatic carbocycles. The van der Waals surface area contributed by atoms with Crippen LogP contribution in [0.4, 0.5) is 5.69 Å². The average molecular weight is 318 g/mol. The van der Waals surface area contributed by atoms with Gasteiger partial charge < -0.3 is 5.32 Å². The lowest BCUT2D eigenvalue weighted by Gasteiger charge is -2.09. The molecule has 0 saturated heterocycles. The van der Waals surface area contributed by atoms with E-state index in [1.807, 2.05) is 25.1 Å². The molecule has 2 aromatic rings. The molecular formula is C16H18N2O3S. The Bertz CT molecular complexity index is 743. The third kappa shape index (κ3) is 4.41. The van der Waals surface area contributed by atoms with E-state index in [1.54, 1.807) is 24.3 Å². The van der Waals surface area contributed by atoms with E-state index in [0.29, 0.717) is 0 Å². The van der Waals surface area contributed by atoms with Crippen LogP contribution < -0.4 is 10.0 Å². The van der Waals surface area contributed by atoms with Crippen molar-refractivity contribution in [1.29, 1.82) is 0 Å². The zero-order chi connectivity index (χ0) is 16.0. The molecule has 1 amide bonds. The van der Waals surface area contributed by atoms with Crippen LogP contribution in [0.5, 0.6) is 0 Å². The molecule has 0 radical (unpaired) electrons. The summed E-state index contributed by atoms with van der Waals surface area (Å²) in [6.07, 6.45) is 0.0698. The second-order valence-corrected chi connectivity index (χ2v) is 6.59. The highest BCUT2D eigenvalue weighted by Gasteiger charge is 2.13. The number of carbonyl (C=O) groups excluding carboxylic acids is 1. The molecule has 0 fully saturated rings. The van der Waals surface area contributed by atoms with Crippen molar-refractivity contribution in [1.82, 2.24) is 4.72 Å². The molecule has 0 aliphatic carbocycles. The van der Waals surface area contributed by atoms with Gasteiger partial charge in [0, 0.05) is 18.7 Å². The lowest BCUT2D eigenvalue weighted by Crippen LogP contribution is -2.27. The van der Waals surface area contributed by atoms with Crippen molar-refractivity contribution in [2.24, 2.45) is 0 Å². The number of carbonyl (C=O) groups is 1. The maximum atomic E-state index is 12.0. The number of benzene rings is 2. The Hall–Kier alpha value is -2.18. The minimum atomic E-state index is -3.57. The molecule has 0 aliphatic heterocycles. The molecule has 0 unspecified atom stereocenters. The molecule has 0 aromatic heterocycles. The number of rotatable bonds is 6. The third-order valence-electron chi connectivity index (χ3n) is 3.12. The van der Waals surface area contributed by atoms with Gasteiger partial charge in [0.2, 0.25) is 15.9 Å². The number of nitrogens with one attached hydrogen (secondary N) is 2. The molecule has 0 aliphatic rings. The molecule has 22 heavy (non-hydrogen) atoms. The van der Waals surface area contributed by atoms with Gasteiger partial charge in [0.25, 0.3) is 0 Å². The standard InChI is InChI=1S/C16H18N2O3S/c1-13-7-5-6-10-15(13)18-16(19)11-12-17-22(20,21)14-8-3-2-4-9-14/h2-10,17H,11-12H2,1H3,(H,18,19). The van der Waals surface area contributed by atoms with Gasteiger partial charge in [-0.1, -0.05) is 36.4 Å². The first-order chi connectivity index (χ1) is 10.5. The molecule has 0 saturated carbocycles. The lowest BCUT2D eigenvalue weighted by atomic mass is 10.2. The van der Waals surface area contributed by atoms with Gasteiger partial charge in [-0.25, -0.2) is 13.1 Å². The summed E-state index contributed by atoms with van der Waals surface area (Å²) in [5.74, 6) is -0.231. The summed E-state index contributed by atoms with van der Waals surface area (Å²) in [6.45, 7) is 1.95. The fraction of sp³-hybridized carbons (Fsp3) is 0.188. The quantitative estimate of drug-likeness (QED) is 0.858. The van der Waals surface area contributed by atoms with Crippen LogP contribution in [0.1, 0.15) is 12.0 Å². The molecule has 2 rings (SSSR count). The largest absolute Gasteiger partial charge is 0.326 e. The number of aryl methyl sites for hydroxylation is 1. The summed E-state index contributed by atoms with van der Waals surface area (Å²) >= 11 is 0. The molecule has 116 valence electrons. The van der Waals surface area contributed by atoms with Gasteiger partial charge in [-0.3, -0.25) is 4.79 Å². The Morgan fingerprint density at radius 2 is 1.64 bits per heavy atom. The number of amides is 1. The van der Waals surface area contributed by atoms with Gasteiger partial charge in [-0.15, -0.1) is 0 Å². The van der Waals surface area contributed by atoms with Gasteiger partial charge in [-0.05, 0) is 30.7 Å². The van der Waals surface area contributed by atoms with E-state index < -0.39 is 10.0 Å². The number of sulfonamides is 1. The average Bonchev–Trinajstić information content (AvgIpc) is 2.50. The van der Waals surface area contributed by atoms with Crippen LogP contribution in [0.3, 0.4) is 0 Å². The van der Waals surface area contributed by atoms with Crippen molar-refractivity contribution >= 4 is 21.6 Å². The Labute approximate surface area is 130 Å². The lowest BCUT2D eigenvalue weighted by molar-refractivity contribution is -0.116. The SMILES string of the molecule is Cc1ccccc1NC(=O)CCNS(=O)(=O)c1ccccc1. The Balaban J connectivity index is 1.86. The first kappa shape index (κ1) is 16.2. The predicted molar refractivity (Wildman–Crippen MR) is 86.1 cm³/mol. The molecule has 5 nitrogen and oxygen atoms in total. The number of hydrogen-bond donors (Lipinski definition) is 2. The van der Waals surface area contributed by atoms with Crippen LogP contribution in [-0.4, -0.2) is 20.9 Å². The third-order valence-corrected chi connectivity index (χ3v) is 4.59. The molecule has 0 spiro atoms. The van der Waals surface area contributed by atoms with Gasteiger partial charge in [0.05, 0.1) is 4.90 Å². The van der Waals surface area contributed by atoms with E-state index in [4.69, 9.17) is 0 Å². The van der Waals surface area contributed by atoms with Gasteiger partial charge in [0.15, 0.2) is 0 Å². The number of anilines is 1. The van der Waals surface area contributed by atoms with Gasteiger partial charge >= 0.3 is 0 Å². The summed E-state index contributed by atoms with van der Waals surface area (Å²) in [7, 11) is -3.57. The molecule has 0 heterocycles. The Morgan fingerprint density at radius 3 is 2.32 bits per heavy atom. The van der Waals surface area contributed by atoms with E-state index in [2.05, 4.69) is 10.0 Å². The van der Waals surface area contributed by atoms with E-state index in [-0.39, 0.29) is 23.8 Å². The Kier molecular flexibility index (Phi) is 5.30. The zero-order valence-corrected chi connectivity index (χ0v) is 13.1. The molecule has 0 atom stereocenters. The number of hydrogen-bond acceptors (Lipinski definition) is 3. The smallest absolute Gasteiger partial charge is 0.240 e. The fourth-order valence-electron chi connectivity index (χ4n) is 1.91. The number of para-hydroxylation sites is 1. The second-order valence-electron chi connectivity index (χ2n) is 4.82. The zero-order valence-electron chi connectivity index (χ0n) is 12.2. The maximum Gasteiger partial charge on any atom is 0.240 e. The first-order valence-electron chi connectivity index (χ1n) is 6.89. The summed E-state index contributed by atoms with van der Waals surface area (Å²) in [5, 5.41) is 2.76. The monoisotopic (exact) mass is 318 g/mol. The highest BCUT2D eigenvalue weighted by Crippen LogP contribution is 2.13. The first-order valence-corrected chi connectivity index (χ1v) is 8.37.